The van der Waals surface area contributed by atoms with E-state index in [1.165, 1.54) is 5.57 Å². The molecule has 2 heteroatoms. The topological polar surface area (TPSA) is 26.3 Å². The maximum atomic E-state index is 11.0. The van der Waals surface area contributed by atoms with Gasteiger partial charge in [0, 0.05) is 12.8 Å². The van der Waals surface area contributed by atoms with Crippen molar-refractivity contribution in [3.8, 4) is 0 Å². The van der Waals surface area contributed by atoms with Crippen LogP contribution in [0.2, 0.25) is 0 Å². The molecule has 2 nitrogen and oxygen atoms in total. The Labute approximate surface area is 92.3 Å². The summed E-state index contributed by atoms with van der Waals surface area (Å²) in [7, 11) is 0. The van der Waals surface area contributed by atoms with Crippen LogP contribution in [0.1, 0.15) is 33.1 Å². The van der Waals surface area contributed by atoms with E-state index in [0.29, 0.717) is 13.0 Å². The molecule has 0 aliphatic rings. The fourth-order valence-electron chi connectivity index (χ4n) is 0.984. The van der Waals surface area contributed by atoms with Gasteiger partial charge in [0.2, 0.25) is 0 Å². The normalized spacial score (nSPS) is 11.7. The number of hydrogen-bond donors (Lipinski definition) is 0. The molecule has 0 aromatic carbocycles. The zero-order valence-corrected chi connectivity index (χ0v) is 9.66. The van der Waals surface area contributed by atoms with Crippen molar-refractivity contribution in [1.82, 2.24) is 0 Å². The van der Waals surface area contributed by atoms with Gasteiger partial charge in [0.25, 0.3) is 0 Å². The molecule has 0 amide bonds. The molecule has 0 bridgehead atoms. The number of esters is 1. The van der Waals surface area contributed by atoms with Gasteiger partial charge in [0.1, 0.15) is 0 Å². The molecule has 0 spiro atoms. The predicted octanol–water partition coefficient (Wildman–Crippen LogP) is 3.41. The van der Waals surface area contributed by atoms with Crippen LogP contribution in [0.25, 0.3) is 0 Å². The zero-order valence-electron chi connectivity index (χ0n) is 9.66. The van der Waals surface area contributed by atoms with Gasteiger partial charge in [-0.3, -0.25) is 4.79 Å². The number of carbonyl (C=O) groups is 1. The van der Waals surface area contributed by atoms with Crippen LogP contribution in [0.15, 0.2) is 36.5 Å². The van der Waals surface area contributed by atoms with Crippen molar-refractivity contribution in [2.75, 3.05) is 6.61 Å². The van der Waals surface area contributed by atoms with Crippen LogP contribution >= 0.6 is 0 Å². The summed E-state index contributed by atoms with van der Waals surface area (Å²) in [6.45, 7) is 8.03. The lowest BCUT2D eigenvalue weighted by molar-refractivity contribution is -0.143. The summed E-state index contributed by atoms with van der Waals surface area (Å²) in [5, 5.41) is 0. The molecule has 0 saturated carbocycles. The fourth-order valence-corrected chi connectivity index (χ4v) is 0.984. The molecule has 15 heavy (non-hydrogen) atoms. The second-order valence-corrected chi connectivity index (χ2v) is 3.35. The van der Waals surface area contributed by atoms with Gasteiger partial charge in [-0.2, -0.15) is 0 Å². The van der Waals surface area contributed by atoms with Gasteiger partial charge < -0.3 is 4.74 Å². The highest BCUT2D eigenvalue weighted by Crippen LogP contribution is 2.01. The van der Waals surface area contributed by atoms with Crippen molar-refractivity contribution in [2.24, 2.45) is 0 Å². The van der Waals surface area contributed by atoms with E-state index in [0.717, 1.165) is 12.8 Å². The summed E-state index contributed by atoms with van der Waals surface area (Å²) in [6, 6.07) is 0. The van der Waals surface area contributed by atoms with Crippen molar-refractivity contribution >= 4 is 5.97 Å². The van der Waals surface area contributed by atoms with Crippen molar-refractivity contribution in [1.29, 1.82) is 0 Å². The number of carbonyl (C=O) groups excluding carboxylic acids is 1. The van der Waals surface area contributed by atoms with E-state index in [1.54, 1.807) is 6.08 Å². The summed E-state index contributed by atoms with van der Waals surface area (Å²) < 4.78 is 5.04. The Morgan fingerprint density at radius 3 is 2.67 bits per heavy atom. The first-order valence-electron chi connectivity index (χ1n) is 5.31. The molecule has 0 aliphatic heterocycles. The van der Waals surface area contributed by atoms with Crippen molar-refractivity contribution in [3.63, 3.8) is 0 Å². The Kier molecular flexibility index (Phi) is 8.44. The summed E-state index contributed by atoms with van der Waals surface area (Å²) in [5.41, 5.74) is 1.19. The summed E-state index contributed by atoms with van der Waals surface area (Å²) in [5.74, 6) is -0.105. The van der Waals surface area contributed by atoms with Crippen LogP contribution in [-0.4, -0.2) is 12.6 Å². The van der Waals surface area contributed by atoms with Crippen LogP contribution in [0.3, 0.4) is 0 Å². The van der Waals surface area contributed by atoms with Crippen LogP contribution in [-0.2, 0) is 9.53 Å². The fraction of sp³-hybridized carbons (Fsp3) is 0.462. The highest BCUT2D eigenvalue weighted by Gasteiger charge is 1.99. The first-order valence-corrected chi connectivity index (χ1v) is 5.31. The van der Waals surface area contributed by atoms with Gasteiger partial charge in [-0.25, -0.2) is 0 Å². The van der Waals surface area contributed by atoms with Gasteiger partial charge in [-0.1, -0.05) is 43.4 Å². The predicted molar refractivity (Wildman–Crippen MR) is 63.6 cm³/mol. The third-order valence-electron chi connectivity index (χ3n) is 1.84. The molecule has 0 radical (unpaired) electrons. The molecule has 0 aromatic heterocycles. The Morgan fingerprint density at radius 1 is 1.33 bits per heavy atom. The van der Waals surface area contributed by atoms with Crippen molar-refractivity contribution in [3.05, 3.63) is 36.5 Å². The molecule has 0 atom stereocenters. The summed E-state index contributed by atoms with van der Waals surface area (Å²) >= 11 is 0. The van der Waals surface area contributed by atoms with E-state index in [2.05, 4.69) is 6.58 Å². The Hall–Kier alpha value is -1.31. The molecule has 0 rings (SSSR count). The van der Waals surface area contributed by atoms with Crippen LogP contribution < -0.4 is 0 Å². The quantitative estimate of drug-likeness (QED) is 0.473. The molecule has 0 aromatic rings. The second kappa shape index (κ2) is 9.25. The second-order valence-electron chi connectivity index (χ2n) is 3.35. The van der Waals surface area contributed by atoms with Gasteiger partial charge >= 0.3 is 5.97 Å². The smallest absolute Gasteiger partial charge is 0.305 e. The van der Waals surface area contributed by atoms with E-state index in [-0.39, 0.29) is 5.97 Å². The number of rotatable bonds is 7. The highest BCUT2D eigenvalue weighted by atomic mass is 16.5. The van der Waals surface area contributed by atoms with Crippen LogP contribution in [0.4, 0.5) is 0 Å². The Balaban J connectivity index is 3.66. The largest absolute Gasteiger partial charge is 0.465 e. The van der Waals surface area contributed by atoms with E-state index in [1.807, 2.05) is 32.1 Å². The summed E-state index contributed by atoms with van der Waals surface area (Å²) in [6.07, 6.45) is 9.66. The van der Waals surface area contributed by atoms with Gasteiger partial charge in [-0.15, -0.1) is 0 Å². The van der Waals surface area contributed by atoms with Crippen molar-refractivity contribution in [2.45, 2.75) is 33.1 Å². The first kappa shape index (κ1) is 13.7. The number of allylic oxidation sites excluding steroid dienone is 4. The minimum Gasteiger partial charge on any atom is -0.465 e. The lowest BCUT2D eigenvalue weighted by Crippen LogP contribution is -2.05. The van der Waals surface area contributed by atoms with Crippen LogP contribution in [0.5, 0.6) is 0 Å². The lowest BCUT2D eigenvalue weighted by atomic mass is 10.2. The SMILES string of the molecule is C=C/C=C\C=C(/C)CCOC(=O)CCC. The van der Waals surface area contributed by atoms with E-state index >= 15 is 0 Å². The van der Waals surface area contributed by atoms with E-state index < -0.39 is 0 Å². The van der Waals surface area contributed by atoms with Crippen molar-refractivity contribution < 1.29 is 9.53 Å². The van der Waals surface area contributed by atoms with Gasteiger partial charge in [-0.05, 0) is 13.3 Å². The standard InChI is InChI=1S/C13H20O2/c1-4-6-7-9-12(3)10-11-15-13(14)8-5-2/h4,6-7,9H,1,5,8,10-11H2,2-3H3/b7-6-,12-9+. The molecular formula is C13H20O2. The molecular weight excluding hydrogens is 188 g/mol. The minimum absolute atomic E-state index is 0.105. The molecule has 0 N–H and O–H groups in total. The average molecular weight is 208 g/mol. The summed E-state index contributed by atoms with van der Waals surface area (Å²) in [4.78, 5) is 11.0. The molecule has 0 fully saturated rings. The van der Waals surface area contributed by atoms with E-state index in [4.69, 9.17) is 4.74 Å². The highest BCUT2D eigenvalue weighted by molar-refractivity contribution is 5.69. The monoisotopic (exact) mass is 208 g/mol. The molecule has 0 aliphatic carbocycles. The maximum absolute atomic E-state index is 11.0. The number of hydrogen-bond acceptors (Lipinski definition) is 2. The third-order valence-corrected chi connectivity index (χ3v) is 1.84. The zero-order chi connectivity index (χ0) is 11.5. The Bertz CT molecular complexity index is 249. The van der Waals surface area contributed by atoms with Gasteiger partial charge in [0.05, 0.1) is 6.61 Å². The molecule has 0 saturated heterocycles. The minimum atomic E-state index is -0.105. The lowest BCUT2D eigenvalue weighted by Gasteiger charge is -2.03. The van der Waals surface area contributed by atoms with E-state index in [9.17, 15) is 4.79 Å². The number of ether oxygens (including phenoxy) is 1. The molecule has 84 valence electrons. The molecule has 0 heterocycles. The van der Waals surface area contributed by atoms with Crippen LogP contribution in [0, 0.1) is 0 Å². The third kappa shape index (κ3) is 9.01. The first-order chi connectivity index (χ1) is 7.20. The average Bonchev–Trinajstić information content (AvgIpc) is 2.18. The Morgan fingerprint density at radius 2 is 2.07 bits per heavy atom. The van der Waals surface area contributed by atoms with Gasteiger partial charge in [0.15, 0.2) is 0 Å². The molecule has 0 unspecified atom stereocenters. The maximum Gasteiger partial charge on any atom is 0.305 e.